The Labute approximate surface area is 447 Å². The van der Waals surface area contributed by atoms with Crippen LogP contribution in [0.5, 0.6) is 0 Å². The van der Waals surface area contributed by atoms with Crippen molar-refractivity contribution in [3.05, 3.63) is 202 Å². The van der Waals surface area contributed by atoms with Gasteiger partial charge in [-0.1, -0.05) is 176 Å². The molecule has 2 heterocycles. The van der Waals surface area contributed by atoms with Crippen molar-refractivity contribution >= 4 is 84.6 Å². The minimum atomic E-state index is -0.122. The zero-order valence-electron chi connectivity index (χ0n) is 46.8. The van der Waals surface area contributed by atoms with E-state index in [-0.39, 0.29) is 27.1 Å². The van der Waals surface area contributed by atoms with Crippen LogP contribution in [0.25, 0.3) is 27.5 Å². The summed E-state index contributed by atoms with van der Waals surface area (Å²) in [7, 11) is 0. The van der Waals surface area contributed by atoms with Crippen molar-refractivity contribution in [2.24, 2.45) is 0 Å². The van der Waals surface area contributed by atoms with E-state index in [2.05, 4.69) is 294 Å². The molecule has 0 amide bonds. The lowest BCUT2D eigenvalue weighted by atomic mass is 9.84. The van der Waals surface area contributed by atoms with Gasteiger partial charge in [0.2, 0.25) is 0 Å². The van der Waals surface area contributed by atoms with Gasteiger partial charge in [-0.15, -0.1) is 0 Å². The fraction of sp³-hybridized carbons (Fsp3) is 0.304. The Balaban J connectivity index is 1.21. The molecule has 0 bridgehead atoms. The van der Waals surface area contributed by atoms with E-state index in [0.29, 0.717) is 5.02 Å². The summed E-state index contributed by atoms with van der Waals surface area (Å²) < 4.78 is 2.49. The van der Waals surface area contributed by atoms with E-state index in [1.165, 1.54) is 49.6 Å². The topological polar surface area (TPSA) is 14.7 Å². The second kappa shape index (κ2) is 18.0. The van der Waals surface area contributed by atoms with Crippen molar-refractivity contribution in [3.63, 3.8) is 0 Å². The Hall–Kier alpha value is -6.75. The summed E-state index contributed by atoms with van der Waals surface area (Å²) in [6.45, 7) is 36.5. The fourth-order valence-corrected chi connectivity index (χ4v) is 11.0. The first-order valence-corrected chi connectivity index (χ1v) is 26.9. The Kier molecular flexibility index (Phi) is 12.3. The summed E-state index contributed by atoms with van der Waals surface area (Å²) >= 11 is 8.22. The highest BCUT2D eigenvalue weighted by Gasteiger charge is 2.34. The highest BCUT2D eigenvalue weighted by Crippen LogP contribution is 2.55. The molecule has 378 valence electrons. The third kappa shape index (κ3) is 9.18. The SMILES string of the molecule is Cc1cc(N(c2ccc(C(C)(C)C)cc2)c2cccc(N(c3ccc(C(C)(C)C)cc3)c3ccc(C(C)(C)C)cc3)c2)c(Cl)c(N2c3ccccc3-n3c4ccc(C(C)(C)C)cc4c4cc(C(C)(C)C)cc2c43)c1. The van der Waals surface area contributed by atoms with E-state index in [4.69, 9.17) is 11.6 Å². The van der Waals surface area contributed by atoms with Crippen LogP contribution in [-0.2, 0) is 27.1 Å². The number of benzene rings is 8. The molecule has 5 heteroatoms. The van der Waals surface area contributed by atoms with Gasteiger partial charge in [-0.3, -0.25) is 0 Å². The van der Waals surface area contributed by atoms with Gasteiger partial charge in [0.25, 0.3) is 0 Å². The van der Waals surface area contributed by atoms with Crippen molar-refractivity contribution in [3.8, 4) is 5.69 Å². The Morgan fingerprint density at radius 2 is 0.797 bits per heavy atom. The molecule has 9 aromatic rings. The zero-order valence-corrected chi connectivity index (χ0v) is 47.5. The fourth-order valence-electron chi connectivity index (χ4n) is 10.7. The zero-order chi connectivity index (χ0) is 53.0. The lowest BCUT2D eigenvalue weighted by Gasteiger charge is -2.36. The third-order valence-electron chi connectivity index (χ3n) is 15.2. The lowest BCUT2D eigenvalue weighted by Crippen LogP contribution is -2.21. The lowest BCUT2D eigenvalue weighted by molar-refractivity contribution is 0.590. The molecule has 1 aliphatic heterocycles. The van der Waals surface area contributed by atoms with Crippen LogP contribution in [0.2, 0.25) is 5.02 Å². The molecular weight excluding hydrogens is 920 g/mol. The highest BCUT2D eigenvalue weighted by atomic mass is 35.5. The molecular formula is C69H75ClN4. The average Bonchev–Trinajstić information content (AvgIpc) is 3.67. The predicted octanol–water partition coefficient (Wildman–Crippen LogP) is 21.0. The molecule has 0 aliphatic carbocycles. The number of fused-ring (bicyclic) bond motifs is 5. The summed E-state index contributed by atoms with van der Waals surface area (Å²) in [6.07, 6.45) is 0. The molecule has 0 saturated carbocycles. The summed E-state index contributed by atoms with van der Waals surface area (Å²) in [4.78, 5) is 7.19. The van der Waals surface area contributed by atoms with E-state index in [0.717, 1.165) is 62.4 Å². The second-order valence-electron chi connectivity index (χ2n) is 26.0. The maximum atomic E-state index is 8.22. The van der Waals surface area contributed by atoms with Crippen LogP contribution < -0.4 is 14.7 Å². The molecule has 0 N–H and O–H groups in total. The van der Waals surface area contributed by atoms with Crippen LogP contribution in [-0.4, -0.2) is 4.57 Å². The Bertz CT molecular complexity index is 3520. The summed E-state index contributed by atoms with van der Waals surface area (Å²) in [5.41, 5.74) is 20.3. The number of para-hydroxylation sites is 2. The van der Waals surface area contributed by atoms with Crippen molar-refractivity contribution in [2.45, 2.75) is 138 Å². The quantitative estimate of drug-likeness (QED) is 0.158. The van der Waals surface area contributed by atoms with Crippen LogP contribution in [0.15, 0.2) is 164 Å². The number of halogens is 1. The number of nitrogens with zero attached hydrogens (tertiary/aromatic N) is 4. The van der Waals surface area contributed by atoms with E-state index in [1.807, 2.05) is 0 Å². The molecule has 0 atom stereocenters. The first-order valence-electron chi connectivity index (χ1n) is 26.5. The minimum absolute atomic E-state index is 0.00512. The Morgan fingerprint density at radius 1 is 0.351 bits per heavy atom. The van der Waals surface area contributed by atoms with E-state index >= 15 is 0 Å². The number of anilines is 9. The molecule has 4 nitrogen and oxygen atoms in total. The normalized spacial score (nSPS) is 13.2. The first-order chi connectivity index (χ1) is 34.7. The van der Waals surface area contributed by atoms with E-state index < -0.39 is 0 Å². The molecule has 0 radical (unpaired) electrons. The van der Waals surface area contributed by atoms with Crippen LogP contribution in [0.3, 0.4) is 0 Å². The van der Waals surface area contributed by atoms with Crippen molar-refractivity contribution in [1.82, 2.24) is 4.57 Å². The van der Waals surface area contributed by atoms with Crippen LogP contribution in [0, 0.1) is 6.92 Å². The van der Waals surface area contributed by atoms with Crippen molar-refractivity contribution in [2.75, 3.05) is 14.7 Å². The van der Waals surface area contributed by atoms with Crippen LogP contribution in [0.1, 0.15) is 137 Å². The molecule has 10 rings (SSSR count). The predicted molar refractivity (Wildman–Crippen MR) is 322 cm³/mol. The largest absolute Gasteiger partial charge is 0.310 e. The van der Waals surface area contributed by atoms with Crippen molar-refractivity contribution < 1.29 is 0 Å². The van der Waals surface area contributed by atoms with E-state index in [1.54, 1.807) is 0 Å². The maximum absolute atomic E-state index is 8.22. The van der Waals surface area contributed by atoms with Gasteiger partial charge in [0, 0.05) is 39.2 Å². The molecule has 0 fully saturated rings. The van der Waals surface area contributed by atoms with Crippen LogP contribution >= 0.6 is 11.6 Å². The Morgan fingerprint density at radius 3 is 1.30 bits per heavy atom. The van der Waals surface area contributed by atoms with Gasteiger partial charge >= 0.3 is 0 Å². The van der Waals surface area contributed by atoms with Gasteiger partial charge in [-0.25, -0.2) is 0 Å². The van der Waals surface area contributed by atoms with Gasteiger partial charge in [-0.05, 0) is 171 Å². The minimum Gasteiger partial charge on any atom is -0.310 e. The summed E-state index contributed by atoms with van der Waals surface area (Å²) in [5, 5.41) is 3.18. The summed E-state index contributed by atoms with van der Waals surface area (Å²) in [6, 6.07) is 61.5. The molecule has 1 aromatic heterocycles. The van der Waals surface area contributed by atoms with Gasteiger partial charge < -0.3 is 19.3 Å². The van der Waals surface area contributed by atoms with E-state index in [9.17, 15) is 0 Å². The summed E-state index contributed by atoms with van der Waals surface area (Å²) in [5.74, 6) is 0. The monoisotopic (exact) mass is 995 g/mol. The van der Waals surface area contributed by atoms with Crippen LogP contribution in [0.4, 0.5) is 51.2 Å². The maximum Gasteiger partial charge on any atom is 0.0887 e. The number of rotatable bonds is 7. The highest BCUT2D eigenvalue weighted by molar-refractivity contribution is 6.37. The van der Waals surface area contributed by atoms with Gasteiger partial charge in [0.15, 0.2) is 0 Å². The van der Waals surface area contributed by atoms with Gasteiger partial charge in [0.05, 0.1) is 44.5 Å². The average molecular weight is 996 g/mol. The number of hydrogen-bond donors (Lipinski definition) is 0. The second-order valence-corrected chi connectivity index (χ2v) is 26.4. The number of aryl methyl sites for hydroxylation is 1. The van der Waals surface area contributed by atoms with Gasteiger partial charge in [-0.2, -0.15) is 0 Å². The van der Waals surface area contributed by atoms with Crippen molar-refractivity contribution in [1.29, 1.82) is 0 Å². The molecule has 0 saturated heterocycles. The molecule has 0 spiro atoms. The number of aromatic nitrogens is 1. The standard InChI is InChI=1S/C69H75ClN4/c1-44-38-60(63(70)61(39-44)73-58-22-17-18-23-59(58)74-57-37-30-48(68(11,12)13)40-55(57)56-41-49(69(14,15)16)42-62(73)64(56)74)72(52-35-28-47(29-36-52)67(8,9)10)54-21-19-20-53(43-54)71(50-31-24-45(25-32-50)65(2,3)4)51-33-26-46(27-34-51)66(5,6)7/h17-43H,1-16H3. The number of hydrogen-bond acceptors (Lipinski definition) is 3. The first kappa shape index (κ1) is 50.8. The smallest absolute Gasteiger partial charge is 0.0887 e. The van der Waals surface area contributed by atoms with Gasteiger partial charge in [0.1, 0.15) is 0 Å². The molecule has 74 heavy (non-hydrogen) atoms. The molecule has 8 aromatic carbocycles. The molecule has 0 unspecified atom stereocenters. The third-order valence-corrected chi connectivity index (χ3v) is 15.5. The molecule has 1 aliphatic rings.